The fraction of sp³-hybridized carbons (Fsp3) is 0.467. The number of aromatic hydroxyl groups is 1. The highest BCUT2D eigenvalue weighted by Gasteiger charge is 2.19. The first-order valence-electron chi connectivity index (χ1n) is 6.74. The predicted octanol–water partition coefficient (Wildman–Crippen LogP) is 1.64. The van der Waals surface area contributed by atoms with Crippen LogP contribution in [0.1, 0.15) is 29.8 Å². The average molecular weight is 278 g/mol. The van der Waals surface area contributed by atoms with Gasteiger partial charge in [-0.1, -0.05) is 6.07 Å². The van der Waals surface area contributed by atoms with E-state index in [0.717, 1.165) is 0 Å². The van der Waals surface area contributed by atoms with E-state index in [0.29, 0.717) is 24.2 Å². The van der Waals surface area contributed by atoms with Crippen molar-refractivity contribution in [3.63, 3.8) is 0 Å². The second-order valence-corrected chi connectivity index (χ2v) is 4.68. The van der Waals surface area contributed by atoms with E-state index in [9.17, 15) is 14.7 Å². The van der Waals surface area contributed by atoms with E-state index in [-0.39, 0.29) is 24.1 Å². The van der Waals surface area contributed by atoms with Crippen molar-refractivity contribution >= 4 is 11.8 Å². The van der Waals surface area contributed by atoms with Crippen LogP contribution in [-0.4, -0.2) is 53.4 Å². The quantitative estimate of drug-likeness (QED) is 0.890. The maximum atomic E-state index is 12.3. The van der Waals surface area contributed by atoms with Crippen molar-refractivity contribution in [3.8, 4) is 5.75 Å². The third kappa shape index (κ3) is 3.50. The van der Waals surface area contributed by atoms with Gasteiger partial charge in [0.15, 0.2) is 0 Å². The van der Waals surface area contributed by atoms with Crippen molar-refractivity contribution in [2.24, 2.45) is 0 Å². The molecular formula is C15H22N2O3. The number of nitrogens with zero attached hydrogens (tertiary/aromatic N) is 2. The zero-order valence-corrected chi connectivity index (χ0v) is 12.5. The molecule has 1 rings (SSSR count). The first-order valence-corrected chi connectivity index (χ1v) is 6.74. The highest BCUT2D eigenvalue weighted by Crippen LogP contribution is 2.20. The number of hydrogen-bond acceptors (Lipinski definition) is 3. The molecule has 0 aliphatic heterocycles. The summed E-state index contributed by atoms with van der Waals surface area (Å²) in [6, 6.07) is 4.80. The molecule has 0 aliphatic carbocycles. The van der Waals surface area contributed by atoms with E-state index in [1.807, 2.05) is 13.8 Å². The van der Waals surface area contributed by atoms with Gasteiger partial charge in [0, 0.05) is 31.3 Å². The van der Waals surface area contributed by atoms with Crippen LogP contribution in [0.4, 0.5) is 0 Å². The predicted molar refractivity (Wildman–Crippen MR) is 77.7 cm³/mol. The smallest absolute Gasteiger partial charge is 0.254 e. The maximum absolute atomic E-state index is 12.3. The molecule has 110 valence electrons. The lowest BCUT2D eigenvalue weighted by Gasteiger charge is -2.23. The first-order chi connectivity index (χ1) is 9.42. The van der Waals surface area contributed by atoms with Crippen molar-refractivity contribution < 1.29 is 14.7 Å². The van der Waals surface area contributed by atoms with E-state index < -0.39 is 0 Å². The zero-order chi connectivity index (χ0) is 15.3. The number of phenols is 1. The molecule has 0 aliphatic rings. The van der Waals surface area contributed by atoms with Crippen molar-refractivity contribution in [1.29, 1.82) is 0 Å². The van der Waals surface area contributed by atoms with Gasteiger partial charge in [-0.05, 0) is 32.9 Å². The molecule has 0 aromatic heterocycles. The van der Waals surface area contributed by atoms with Crippen LogP contribution in [0, 0.1) is 6.92 Å². The lowest BCUT2D eigenvalue weighted by atomic mass is 10.1. The highest BCUT2D eigenvalue weighted by atomic mass is 16.3. The minimum absolute atomic E-state index is 0.0373. The van der Waals surface area contributed by atoms with Crippen LogP contribution in [0.3, 0.4) is 0 Å². The maximum Gasteiger partial charge on any atom is 0.254 e. The van der Waals surface area contributed by atoms with Crippen LogP contribution in [-0.2, 0) is 4.79 Å². The Morgan fingerprint density at radius 1 is 1.20 bits per heavy atom. The van der Waals surface area contributed by atoms with Crippen molar-refractivity contribution in [2.75, 3.05) is 26.7 Å². The van der Waals surface area contributed by atoms with Gasteiger partial charge in [0.05, 0.1) is 6.54 Å². The van der Waals surface area contributed by atoms with Gasteiger partial charge in [-0.15, -0.1) is 0 Å². The number of rotatable bonds is 5. The third-order valence-corrected chi connectivity index (χ3v) is 3.37. The van der Waals surface area contributed by atoms with E-state index in [2.05, 4.69) is 0 Å². The molecule has 20 heavy (non-hydrogen) atoms. The molecule has 2 amide bonds. The Bertz CT molecular complexity index is 496. The van der Waals surface area contributed by atoms with Crippen molar-refractivity contribution in [3.05, 3.63) is 29.3 Å². The first kappa shape index (κ1) is 16.0. The number of benzene rings is 1. The zero-order valence-electron chi connectivity index (χ0n) is 12.5. The van der Waals surface area contributed by atoms with Crippen molar-refractivity contribution in [1.82, 2.24) is 9.80 Å². The Labute approximate surface area is 119 Å². The van der Waals surface area contributed by atoms with Crippen LogP contribution in [0.5, 0.6) is 5.75 Å². The lowest BCUT2D eigenvalue weighted by molar-refractivity contribution is -0.131. The minimum Gasteiger partial charge on any atom is -0.508 e. The molecule has 0 heterocycles. The van der Waals surface area contributed by atoms with Gasteiger partial charge < -0.3 is 14.9 Å². The van der Waals surface area contributed by atoms with E-state index in [1.54, 1.807) is 31.0 Å². The fourth-order valence-electron chi connectivity index (χ4n) is 2.01. The molecule has 0 unspecified atom stereocenters. The van der Waals surface area contributed by atoms with Crippen LogP contribution >= 0.6 is 0 Å². The fourth-order valence-corrected chi connectivity index (χ4v) is 2.01. The normalized spacial score (nSPS) is 10.2. The van der Waals surface area contributed by atoms with Gasteiger partial charge in [-0.25, -0.2) is 0 Å². The second-order valence-electron chi connectivity index (χ2n) is 4.68. The van der Waals surface area contributed by atoms with Crippen molar-refractivity contribution in [2.45, 2.75) is 20.8 Å². The van der Waals surface area contributed by atoms with Gasteiger partial charge in [0.1, 0.15) is 5.75 Å². The number of likely N-dealkylation sites (N-methyl/N-ethyl adjacent to an activating group) is 2. The Morgan fingerprint density at radius 2 is 1.80 bits per heavy atom. The molecule has 1 aromatic carbocycles. The summed E-state index contributed by atoms with van der Waals surface area (Å²) < 4.78 is 0. The van der Waals surface area contributed by atoms with E-state index in [1.165, 1.54) is 11.0 Å². The van der Waals surface area contributed by atoms with Crippen LogP contribution in [0.15, 0.2) is 18.2 Å². The van der Waals surface area contributed by atoms with Gasteiger partial charge >= 0.3 is 0 Å². The van der Waals surface area contributed by atoms with Gasteiger partial charge in [-0.3, -0.25) is 9.59 Å². The summed E-state index contributed by atoms with van der Waals surface area (Å²) in [6.07, 6.45) is 0. The number of carbonyl (C=O) groups excluding carboxylic acids is 2. The molecule has 0 radical (unpaired) electrons. The number of amides is 2. The SMILES string of the molecule is CCN(CC)C(=O)CN(C)C(=O)c1cccc(O)c1C. The van der Waals surface area contributed by atoms with E-state index >= 15 is 0 Å². The second kappa shape index (κ2) is 6.93. The largest absolute Gasteiger partial charge is 0.508 e. The highest BCUT2D eigenvalue weighted by molar-refractivity contribution is 5.98. The van der Waals surface area contributed by atoms with Gasteiger partial charge in [0.25, 0.3) is 5.91 Å². The summed E-state index contributed by atoms with van der Waals surface area (Å²) in [4.78, 5) is 27.3. The van der Waals surface area contributed by atoms with E-state index in [4.69, 9.17) is 0 Å². The lowest BCUT2D eigenvalue weighted by Crippen LogP contribution is -2.41. The van der Waals surface area contributed by atoms with Gasteiger partial charge in [0.2, 0.25) is 5.91 Å². The van der Waals surface area contributed by atoms with Crippen LogP contribution < -0.4 is 0 Å². The van der Waals surface area contributed by atoms with Gasteiger partial charge in [-0.2, -0.15) is 0 Å². The molecule has 5 heteroatoms. The summed E-state index contributed by atoms with van der Waals surface area (Å²) >= 11 is 0. The monoisotopic (exact) mass is 278 g/mol. The minimum atomic E-state index is -0.265. The molecule has 0 saturated heterocycles. The summed E-state index contributed by atoms with van der Waals surface area (Å²) in [7, 11) is 1.59. The van der Waals surface area contributed by atoms with Crippen LogP contribution in [0.2, 0.25) is 0 Å². The number of hydrogen-bond donors (Lipinski definition) is 1. The standard InChI is InChI=1S/C15H22N2O3/c1-5-17(6-2)14(19)10-16(4)15(20)12-8-7-9-13(18)11(12)3/h7-9,18H,5-6,10H2,1-4H3. The third-order valence-electron chi connectivity index (χ3n) is 3.37. The molecule has 1 aromatic rings. The molecule has 0 atom stereocenters. The number of carbonyl (C=O) groups is 2. The topological polar surface area (TPSA) is 60.9 Å². The Balaban J connectivity index is 2.82. The molecule has 1 N–H and O–H groups in total. The summed E-state index contributed by atoms with van der Waals surface area (Å²) in [5.74, 6) is -0.262. The molecule has 5 nitrogen and oxygen atoms in total. The molecular weight excluding hydrogens is 256 g/mol. The molecule has 0 fully saturated rings. The van der Waals surface area contributed by atoms with Crippen LogP contribution in [0.25, 0.3) is 0 Å². The summed E-state index contributed by atoms with van der Waals surface area (Å²) in [6.45, 7) is 6.79. The number of phenolic OH excluding ortho intramolecular Hbond substituents is 1. The Hall–Kier alpha value is -2.04. The average Bonchev–Trinajstić information content (AvgIpc) is 2.42. The summed E-state index contributed by atoms with van der Waals surface area (Å²) in [5.41, 5.74) is 0.944. The Kier molecular flexibility index (Phi) is 5.55. The molecule has 0 saturated carbocycles. The molecule has 0 bridgehead atoms. The Morgan fingerprint density at radius 3 is 2.35 bits per heavy atom. The summed E-state index contributed by atoms with van der Waals surface area (Å²) in [5, 5.41) is 9.63. The molecule has 0 spiro atoms.